The van der Waals surface area contributed by atoms with Crippen LogP contribution in [0.5, 0.6) is 0 Å². The van der Waals surface area contributed by atoms with Gasteiger partial charge in [-0.05, 0) is 48.9 Å². The average molecular weight is 234 g/mol. The van der Waals surface area contributed by atoms with Gasteiger partial charge in [-0.25, -0.2) is 0 Å². The lowest BCUT2D eigenvalue weighted by Gasteiger charge is -2.20. The fraction of sp³-hybridized carbons (Fsp3) is 0.929. The molecule has 5 unspecified atom stereocenters. The van der Waals surface area contributed by atoms with Crippen LogP contribution in [0.3, 0.4) is 0 Å². The van der Waals surface area contributed by atoms with Crippen LogP contribution in [0.25, 0.3) is 0 Å². The molecule has 17 heavy (non-hydrogen) atoms. The Kier molecular flexibility index (Phi) is 1.98. The van der Waals surface area contributed by atoms with Gasteiger partial charge in [0, 0.05) is 6.04 Å². The Hall–Kier alpha value is -0.570. The fourth-order valence-corrected chi connectivity index (χ4v) is 5.01. The number of nitrogens with zero attached hydrogens (tertiary/aromatic N) is 1. The first-order valence-electron chi connectivity index (χ1n) is 7.22. The van der Waals surface area contributed by atoms with E-state index in [-0.39, 0.29) is 6.04 Å². The third-order valence-corrected chi connectivity index (χ3v) is 5.75. The second-order valence-corrected chi connectivity index (χ2v) is 6.87. The average Bonchev–Trinajstić information content (AvgIpc) is 2.68. The maximum atomic E-state index is 12.4. The lowest BCUT2D eigenvalue weighted by Crippen LogP contribution is -2.37. The van der Waals surface area contributed by atoms with Gasteiger partial charge in [0.15, 0.2) is 0 Å². The standard InChI is InChI=1S/C14H22N2O/c1-7(2)12-14(17)16(6-15-12)13-10-8-3-4-9(5-8)11(10)13/h7-13,15H,3-6H2,1-2H3. The number of carbonyl (C=O) groups excluding carboxylic acids is 1. The molecular weight excluding hydrogens is 212 g/mol. The van der Waals surface area contributed by atoms with Crippen molar-refractivity contribution in [3.05, 3.63) is 0 Å². The normalized spacial score (nSPS) is 51.5. The molecule has 1 amide bonds. The maximum Gasteiger partial charge on any atom is 0.241 e. The molecule has 0 aromatic carbocycles. The van der Waals surface area contributed by atoms with Gasteiger partial charge < -0.3 is 4.90 Å². The smallest absolute Gasteiger partial charge is 0.241 e. The predicted octanol–water partition coefficient (Wildman–Crippen LogP) is 1.44. The Morgan fingerprint density at radius 2 is 1.88 bits per heavy atom. The zero-order valence-corrected chi connectivity index (χ0v) is 10.7. The van der Waals surface area contributed by atoms with E-state index in [2.05, 4.69) is 24.1 Å². The van der Waals surface area contributed by atoms with Crippen LogP contribution in [0.4, 0.5) is 0 Å². The monoisotopic (exact) mass is 234 g/mol. The second-order valence-electron chi connectivity index (χ2n) is 6.87. The summed E-state index contributed by atoms with van der Waals surface area (Å²) in [6.45, 7) is 5.08. The van der Waals surface area contributed by atoms with Crippen molar-refractivity contribution in [2.45, 2.75) is 45.2 Å². The van der Waals surface area contributed by atoms with Crippen molar-refractivity contribution in [2.75, 3.05) is 6.67 Å². The molecule has 0 aromatic heterocycles. The van der Waals surface area contributed by atoms with E-state index in [1.165, 1.54) is 19.3 Å². The number of carbonyl (C=O) groups is 1. The highest BCUT2D eigenvalue weighted by molar-refractivity contribution is 5.84. The van der Waals surface area contributed by atoms with Crippen LogP contribution < -0.4 is 5.32 Å². The van der Waals surface area contributed by atoms with Crippen LogP contribution in [0.1, 0.15) is 33.1 Å². The number of amides is 1. The molecule has 1 N–H and O–H groups in total. The minimum absolute atomic E-state index is 0.0778. The Labute approximate surface area is 103 Å². The summed E-state index contributed by atoms with van der Waals surface area (Å²) in [6, 6.07) is 0.693. The molecular formula is C14H22N2O. The molecule has 0 spiro atoms. The van der Waals surface area contributed by atoms with E-state index in [1.807, 2.05) is 0 Å². The van der Waals surface area contributed by atoms with Crippen LogP contribution in [0, 0.1) is 29.6 Å². The van der Waals surface area contributed by atoms with E-state index in [0.29, 0.717) is 17.9 Å². The molecule has 0 radical (unpaired) electrons. The van der Waals surface area contributed by atoms with Gasteiger partial charge in [0.1, 0.15) is 0 Å². The molecule has 1 aliphatic heterocycles. The fourth-order valence-electron chi connectivity index (χ4n) is 5.01. The first-order chi connectivity index (χ1) is 8.18. The predicted molar refractivity (Wildman–Crippen MR) is 65.1 cm³/mol. The summed E-state index contributed by atoms with van der Waals surface area (Å²) in [5, 5.41) is 3.39. The van der Waals surface area contributed by atoms with E-state index >= 15 is 0 Å². The van der Waals surface area contributed by atoms with Crippen LogP contribution in [0.2, 0.25) is 0 Å². The molecule has 4 fully saturated rings. The number of fused-ring (bicyclic) bond motifs is 5. The van der Waals surface area contributed by atoms with E-state index in [4.69, 9.17) is 0 Å². The molecule has 2 bridgehead atoms. The van der Waals surface area contributed by atoms with Crippen LogP contribution in [0.15, 0.2) is 0 Å². The van der Waals surface area contributed by atoms with Gasteiger partial charge >= 0.3 is 0 Å². The number of hydrogen-bond acceptors (Lipinski definition) is 2. The number of hydrogen-bond donors (Lipinski definition) is 1. The van der Waals surface area contributed by atoms with E-state index in [9.17, 15) is 4.79 Å². The van der Waals surface area contributed by atoms with Gasteiger partial charge in [-0.1, -0.05) is 13.8 Å². The molecule has 0 aromatic rings. The van der Waals surface area contributed by atoms with Gasteiger partial charge in [-0.15, -0.1) is 0 Å². The highest BCUT2D eigenvalue weighted by Crippen LogP contribution is 2.67. The SMILES string of the molecule is CC(C)C1NCN(C2C3C4CCC(C4)C32)C1=O. The highest BCUT2D eigenvalue weighted by atomic mass is 16.2. The van der Waals surface area contributed by atoms with Crippen molar-refractivity contribution in [1.82, 2.24) is 10.2 Å². The summed E-state index contributed by atoms with van der Waals surface area (Å²) >= 11 is 0. The lowest BCUT2D eigenvalue weighted by atomic mass is 10.0. The number of rotatable bonds is 2. The highest BCUT2D eigenvalue weighted by Gasteiger charge is 2.68. The van der Waals surface area contributed by atoms with Gasteiger partial charge in [0.25, 0.3) is 0 Å². The third-order valence-electron chi connectivity index (χ3n) is 5.75. The van der Waals surface area contributed by atoms with Gasteiger partial charge in [0.05, 0.1) is 12.7 Å². The molecule has 1 saturated heterocycles. The third kappa shape index (κ3) is 1.24. The summed E-state index contributed by atoms with van der Waals surface area (Å²) in [5.74, 6) is 4.47. The first kappa shape index (κ1) is 10.4. The topological polar surface area (TPSA) is 32.3 Å². The van der Waals surface area contributed by atoms with Gasteiger partial charge in [-0.3, -0.25) is 10.1 Å². The largest absolute Gasteiger partial charge is 0.325 e. The molecule has 3 heteroatoms. The Morgan fingerprint density at radius 3 is 2.41 bits per heavy atom. The summed E-state index contributed by atoms with van der Waals surface area (Å²) in [5.41, 5.74) is 0. The van der Waals surface area contributed by atoms with Crippen molar-refractivity contribution in [2.24, 2.45) is 29.6 Å². The number of nitrogens with one attached hydrogen (secondary N) is 1. The molecule has 3 nitrogen and oxygen atoms in total. The first-order valence-corrected chi connectivity index (χ1v) is 7.22. The van der Waals surface area contributed by atoms with Gasteiger partial charge in [-0.2, -0.15) is 0 Å². The summed E-state index contributed by atoms with van der Waals surface area (Å²) in [6.07, 6.45) is 4.34. The van der Waals surface area contributed by atoms with Crippen molar-refractivity contribution in [3.8, 4) is 0 Å². The van der Waals surface area contributed by atoms with Crippen molar-refractivity contribution in [1.29, 1.82) is 0 Å². The van der Waals surface area contributed by atoms with Crippen molar-refractivity contribution >= 4 is 5.91 Å². The van der Waals surface area contributed by atoms with Crippen LogP contribution in [-0.4, -0.2) is 29.6 Å². The zero-order valence-electron chi connectivity index (χ0n) is 10.7. The Balaban J connectivity index is 1.50. The molecule has 5 atom stereocenters. The van der Waals surface area contributed by atoms with E-state index in [1.54, 1.807) is 0 Å². The Bertz CT molecular complexity index is 351. The zero-order chi connectivity index (χ0) is 11.7. The van der Waals surface area contributed by atoms with Crippen LogP contribution in [-0.2, 0) is 4.79 Å². The maximum absolute atomic E-state index is 12.4. The second kappa shape index (κ2) is 3.25. The lowest BCUT2D eigenvalue weighted by molar-refractivity contribution is -0.130. The molecule has 3 saturated carbocycles. The molecule has 1 heterocycles. The molecule has 4 rings (SSSR count). The minimum atomic E-state index is 0.0778. The minimum Gasteiger partial charge on any atom is -0.325 e. The van der Waals surface area contributed by atoms with E-state index in [0.717, 1.165) is 30.3 Å². The Morgan fingerprint density at radius 1 is 1.24 bits per heavy atom. The molecule has 3 aliphatic carbocycles. The van der Waals surface area contributed by atoms with E-state index < -0.39 is 0 Å². The summed E-state index contributed by atoms with van der Waals surface area (Å²) in [4.78, 5) is 14.5. The molecule has 4 aliphatic rings. The van der Waals surface area contributed by atoms with Crippen molar-refractivity contribution < 1.29 is 4.79 Å². The van der Waals surface area contributed by atoms with Gasteiger partial charge in [0.2, 0.25) is 5.91 Å². The quantitative estimate of drug-likeness (QED) is 0.784. The summed E-state index contributed by atoms with van der Waals surface area (Å²) < 4.78 is 0. The van der Waals surface area contributed by atoms with Crippen LogP contribution >= 0.6 is 0 Å². The molecule has 94 valence electrons. The summed E-state index contributed by atoms with van der Waals surface area (Å²) in [7, 11) is 0. The van der Waals surface area contributed by atoms with Crippen molar-refractivity contribution in [3.63, 3.8) is 0 Å².